The van der Waals surface area contributed by atoms with Gasteiger partial charge in [-0.05, 0) is 36.4 Å². The number of rotatable bonds is 5. The average molecular weight is 359 g/mol. The van der Waals surface area contributed by atoms with Gasteiger partial charge in [0, 0.05) is 5.69 Å². The summed E-state index contributed by atoms with van der Waals surface area (Å²) in [4.78, 5) is 26.2. The quantitative estimate of drug-likeness (QED) is 0.832. The molecule has 1 aliphatic heterocycles. The fourth-order valence-electron chi connectivity index (χ4n) is 2.46. The second kappa shape index (κ2) is 6.86. The number of ether oxygens (including phenoxy) is 2. The molecular weight excluding hydrogens is 344 g/mol. The molecule has 2 amide bonds. The van der Waals surface area contributed by atoms with E-state index in [9.17, 15) is 9.59 Å². The zero-order valence-corrected chi connectivity index (χ0v) is 14.3. The van der Waals surface area contributed by atoms with Crippen LogP contribution in [-0.4, -0.2) is 26.0 Å². The second-order valence-electron chi connectivity index (χ2n) is 5.16. The van der Waals surface area contributed by atoms with Gasteiger partial charge in [0.1, 0.15) is 22.2 Å². The lowest BCUT2D eigenvalue weighted by Crippen LogP contribution is -2.32. The van der Waals surface area contributed by atoms with E-state index in [-0.39, 0.29) is 10.7 Å². The molecule has 2 aromatic carbocycles. The first kappa shape index (κ1) is 16.9. The van der Waals surface area contributed by atoms with Gasteiger partial charge in [0.15, 0.2) is 0 Å². The predicted octanol–water partition coefficient (Wildman–Crippen LogP) is 3.14. The van der Waals surface area contributed by atoms with Crippen molar-refractivity contribution in [2.75, 3.05) is 24.4 Å². The van der Waals surface area contributed by atoms with E-state index < -0.39 is 11.8 Å². The summed E-state index contributed by atoms with van der Waals surface area (Å²) in [6.07, 6.45) is 0. The van der Waals surface area contributed by atoms with Crippen LogP contribution in [0.2, 0.25) is 0 Å². The highest BCUT2D eigenvalue weighted by molar-refractivity contribution is 6.53. The summed E-state index contributed by atoms with van der Waals surface area (Å²) in [6, 6.07) is 13.7. The lowest BCUT2D eigenvalue weighted by atomic mass is 10.2. The van der Waals surface area contributed by atoms with Crippen molar-refractivity contribution in [3.05, 3.63) is 59.3 Å². The van der Waals surface area contributed by atoms with Gasteiger partial charge in [-0.3, -0.25) is 9.59 Å². The van der Waals surface area contributed by atoms with Gasteiger partial charge in [-0.1, -0.05) is 23.7 Å². The Labute approximate surface area is 149 Å². The molecule has 2 aromatic rings. The highest BCUT2D eigenvalue weighted by atomic mass is 35.5. The van der Waals surface area contributed by atoms with Crippen LogP contribution in [0.15, 0.2) is 59.3 Å². The second-order valence-corrected chi connectivity index (χ2v) is 5.54. The number of benzene rings is 2. The van der Waals surface area contributed by atoms with Crippen LogP contribution in [0.25, 0.3) is 0 Å². The monoisotopic (exact) mass is 358 g/mol. The highest BCUT2D eigenvalue weighted by Gasteiger charge is 2.40. The zero-order valence-electron chi connectivity index (χ0n) is 13.6. The van der Waals surface area contributed by atoms with Crippen molar-refractivity contribution in [2.45, 2.75) is 0 Å². The maximum Gasteiger partial charge on any atom is 0.283 e. The van der Waals surface area contributed by atoms with Gasteiger partial charge >= 0.3 is 0 Å². The van der Waals surface area contributed by atoms with Crippen LogP contribution in [0.3, 0.4) is 0 Å². The Kier molecular flexibility index (Phi) is 4.63. The SMILES string of the molecule is COc1ccc(NC2=C(Cl)C(=O)N(c3ccccc3OC)C2=O)cc1. The van der Waals surface area contributed by atoms with Crippen molar-refractivity contribution < 1.29 is 19.1 Å². The molecule has 0 fully saturated rings. The zero-order chi connectivity index (χ0) is 18.0. The Morgan fingerprint density at radius 2 is 1.60 bits per heavy atom. The normalized spacial score (nSPS) is 14.1. The minimum atomic E-state index is -0.604. The van der Waals surface area contributed by atoms with Gasteiger partial charge in [-0.15, -0.1) is 0 Å². The number of halogens is 1. The largest absolute Gasteiger partial charge is 0.497 e. The van der Waals surface area contributed by atoms with E-state index in [0.717, 1.165) is 4.90 Å². The average Bonchev–Trinajstić information content (AvgIpc) is 2.85. The maximum absolute atomic E-state index is 12.7. The molecule has 7 heteroatoms. The van der Waals surface area contributed by atoms with Gasteiger partial charge in [0.05, 0.1) is 19.9 Å². The Balaban J connectivity index is 1.91. The first-order chi connectivity index (χ1) is 12.1. The van der Waals surface area contributed by atoms with Crippen molar-refractivity contribution in [1.29, 1.82) is 0 Å². The van der Waals surface area contributed by atoms with Gasteiger partial charge in [-0.2, -0.15) is 0 Å². The minimum absolute atomic E-state index is 0.0164. The molecule has 0 aliphatic carbocycles. The molecule has 0 spiro atoms. The number of hydrogen-bond acceptors (Lipinski definition) is 5. The van der Waals surface area contributed by atoms with Crippen LogP contribution >= 0.6 is 11.6 Å². The van der Waals surface area contributed by atoms with Crippen LogP contribution in [0.4, 0.5) is 11.4 Å². The number of imide groups is 1. The van der Waals surface area contributed by atoms with Crippen LogP contribution in [0, 0.1) is 0 Å². The van der Waals surface area contributed by atoms with E-state index >= 15 is 0 Å². The number of methoxy groups -OCH3 is 2. The first-order valence-electron chi connectivity index (χ1n) is 7.39. The molecule has 0 atom stereocenters. The number of hydrogen-bond donors (Lipinski definition) is 1. The number of para-hydroxylation sites is 2. The standard InChI is InChI=1S/C18H15ClN2O4/c1-24-12-9-7-11(8-10-12)20-16-15(19)17(22)21(18(16)23)13-5-3-4-6-14(13)25-2/h3-10,20H,1-2H3. The number of nitrogens with one attached hydrogen (secondary N) is 1. The fourth-order valence-corrected chi connectivity index (χ4v) is 2.68. The maximum atomic E-state index is 12.7. The van der Waals surface area contributed by atoms with Crippen LogP contribution in [0.1, 0.15) is 0 Å². The third kappa shape index (κ3) is 3.04. The summed E-state index contributed by atoms with van der Waals surface area (Å²) in [5.41, 5.74) is 0.962. The van der Waals surface area contributed by atoms with Crippen LogP contribution < -0.4 is 19.7 Å². The Morgan fingerprint density at radius 1 is 0.920 bits per heavy atom. The summed E-state index contributed by atoms with van der Waals surface area (Å²) in [7, 11) is 3.03. The molecule has 0 saturated heterocycles. The fraction of sp³-hybridized carbons (Fsp3) is 0.111. The molecule has 1 aliphatic rings. The van der Waals surface area contributed by atoms with Crippen molar-refractivity contribution in [2.24, 2.45) is 0 Å². The topological polar surface area (TPSA) is 67.9 Å². The minimum Gasteiger partial charge on any atom is -0.497 e. The summed E-state index contributed by atoms with van der Waals surface area (Å²) in [5.74, 6) is -0.0723. The molecule has 0 bridgehead atoms. The van der Waals surface area contributed by atoms with E-state index in [4.69, 9.17) is 21.1 Å². The predicted molar refractivity (Wildman–Crippen MR) is 95.0 cm³/mol. The molecule has 0 radical (unpaired) electrons. The molecule has 25 heavy (non-hydrogen) atoms. The number of nitrogens with zero attached hydrogens (tertiary/aromatic N) is 1. The molecule has 3 rings (SSSR count). The molecule has 0 unspecified atom stereocenters. The molecule has 128 valence electrons. The summed E-state index contributed by atoms with van der Waals surface area (Å²) >= 11 is 6.11. The van der Waals surface area contributed by atoms with Gasteiger partial charge in [-0.25, -0.2) is 4.90 Å². The third-order valence-electron chi connectivity index (χ3n) is 3.71. The number of carbonyl (C=O) groups excluding carboxylic acids is 2. The Bertz CT molecular complexity index is 862. The highest BCUT2D eigenvalue weighted by Crippen LogP contribution is 2.35. The van der Waals surface area contributed by atoms with Crippen molar-refractivity contribution >= 4 is 34.8 Å². The Morgan fingerprint density at radius 3 is 2.24 bits per heavy atom. The van der Waals surface area contributed by atoms with Crippen molar-refractivity contribution in [3.63, 3.8) is 0 Å². The summed E-state index contributed by atoms with van der Waals surface area (Å²) in [5, 5.41) is 2.72. The van der Waals surface area contributed by atoms with Crippen LogP contribution in [-0.2, 0) is 9.59 Å². The third-order valence-corrected chi connectivity index (χ3v) is 4.06. The van der Waals surface area contributed by atoms with E-state index in [2.05, 4.69) is 5.32 Å². The molecule has 6 nitrogen and oxygen atoms in total. The lowest BCUT2D eigenvalue weighted by Gasteiger charge is -2.17. The molecule has 1 heterocycles. The Hall–Kier alpha value is -2.99. The van der Waals surface area contributed by atoms with Crippen molar-refractivity contribution in [3.8, 4) is 11.5 Å². The summed E-state index contributed by atoms with van der Waals surface area (Å²) < 4.78 is 10.3. The van der Waals surface area contributed by atoms with E-state index in [1.807, 2.05) is 0 Å². The lowest BCUT2D eigenvalue weighted by molar-refractivity contribution is -0.120. The molecule has 1 N–H and O–H groups in total. The smallest absolute Gasteiger partial charge is 0.283 e. The van der Waals surface area contributed by atoms with Crippen molar-refractivity contribution in [1.82, 2.24) is 0 Å². The first-order valence-corrected chi connectivity index (χ1v) is 7.77. The van der Waals surface area contributed by atoms with E-state index in [1.54, 1.807) is 55.6 Å². The number of anilines is 2. The summed E-state index contributed by atoms with van der Waals surface area (Å²) in [6.45, 7) is 0. The van der Waals surface area contributed by atoms with E-state index in [0.29, 0.717) is 22.9 Å². The number of amides is 2. The van der Waals surface area contributed by atoms with Gasteiger partial charge in [0.25, 0.3) is 11.8 Å². The molecule has 0 saturated carbocycles. The molecular formula is C18H15ClN2O4. The molecule has 0 aromatic heterocycles. The van der Waals surface area contributed by atoms with E-state index in [1.165, 1.54) is 7.11 Å². The number of carbonyl (C=O) groups is 2. The van der Waals surface area contributed by atoms with Crippen LogP contribution in [0.5, 0.6) is 11.5 Å². The van der Waals surface area contributed by atoms with Gasteiger partial charge in [0.2, 0.25) is 0 Å². The van der Waals surface area contributed by atoms with Gasteiger partial charge < -0.3 is 14.8 Å².